The van der Waals surface area contributed by atoms with Crippen LogP contribution in [0.25, 0.3) is 0 Å². The monoisotopic (exact) mass is 399 g/mol. The average molecular weight is 400 g/mol. The van der Waals surface area contributed by atoms with E-state index in [1.54, 1.807) is 24.3 Å². The van der Waals surface area contributed by atoms with Crippen molar-refractivity contribution in [1.82, 2.24) is 4.90 Å². The molecule has 0 aliphatic heterocycles. The Bertz CT molecular complexity index is 758. The standard InChI is InChI=1S/C24H33NO4/c1-5-19(6-2)18-29-24(20-12-8-7-9-13-20,21-14-10-11-15-22(21)26)23(27)28-17-16-25(3)4/h7-15,19,26H,5-6,16-18H2,1-4H3. The molecular weight excluding hydrogens is 366 g/mol. The Balaban J connectivity index is 2.55. The van der Waals surface area contributed by atoms with Crippen LogP contribution in [-0.2, 0) is 19.9 Å². The zero-order valence-corrected chi connectivity index (χ0v) is 17.9. The van der Waals surface area contributed by atoms with E-state index < -0.39 is 11.6 Å². The van der Waals surface area contributed by atoms with Gasteiger partial charge in [-0.25, -0.2) is 4.79 Å². The molecular formula is C24H33NO4. The van der Waals surface area contributed by atoms with Gasteiger partial charge in [0.1, 0.15) is 12.4 Å². The molecule has 1 N–H and O–H groups in total. The summed E-state index contributed by atoms with van der Waals surface area (Å²) in [6.07, 6.45) is 1.88. The molecule has 0 saturated heterocycles. The van der Waals surface area contributed by atoms with E-state index in [0.717, 1.165) is 12.8 Å². The van der Waals surface area contributed by atoms with Gasteiger partial charge in [0.15, 0.2) is 0 Å². The number of ether oxygens (including phenoxy) is 2. The van der Waals surface area contributed by atoms with E-state index >= 15 is 0 Å². The lowest BCUT2D eigenvalue weighted by molar-refractivity contribution is -0.171. The van der Waals surface area contributed by atoms with E-state index in [1.165, 1.54) is 0 Å². The van der Waals surface area contributed by atoms with Crippen molar-refractivity contribution in [2.24, 2.45) is 5.92 Å². The minimum atomic E-state index is -1.53. The largest absolute Gasteiger partial charge is 0.508 e. The molecule has 0 amide bonds. The summed E-state index contributed by atoms with van der Waals surface area (Å²) >= 11 is 0. The normalized spacial score (nSPS) is 13.4. The van der Waals surface area contributed by atoms with E-state index in [9.17, 15) is 9.90 Å². The van der Waals surface area contributed by atoms with E-state index in [0.29, 0.717) is 30.2 Å². The highest BCUT2D eigenvalue weighted by Gasteiger charge is 2.47. The summed E-state index contributed by atoms with van der Waals surface area (Å²) in [5.41, 5.74) is -0.490. The fourth-order valence-corrected chi connectivity index (χ4v) is 3.24. The topological polar surface area (TPSA) is 59.0 Å². The third-order valence-electron chi connectivity index (χ3n) is 5.21. The van der Waals surface area contributed by atoms with Crippen LogP contribution in [0.15, 0.2) is 54.6 Å². The third kappa shape index (κ3) is 5.58. The van der Waals surface area contributed by atoms with Gasteiger partial charge in [-0.3, -0.25) is 0 Å². The Hall–Kier alpha value is -2.37. The van der Waals surface area contributed by atoms with Crippen molar-refractivity contribution in [3.05, 3.63) is 65.7 Å². The van der Waals surface area contributed by atoms with Crippen LogP contribution >= 0.6 is 0 Å². The Morgan fingerprint density at radius 1 is 1.03 bits per heavy atom. The predicted octanol–water partition coefficient (Wildman–Crippen LogP) is 4.19. The number of aromatic hydroxyl groups is 1. The lowest BCUT2D eigenvalue weighted by Crippen LogP contribution is -2.43. The highest BCUT2D eigenvalue weighted by molar-refractivity contribution is 5.86. The first-order chi connectivity index (χ1) is 14.0. The number of carbonyl (C=O) groups excluding carboxylic acids is 1. The van der Waals surface area contributed by atoms with Crippen molar-refractivity contribution in [3.63, 3.8) is 0 Å². The molecule has 0 radical (unpaired) electrons. The zero-order chi connectivity index (χ0) is 21.3. The van der Waals surface area contributed by atoms with Crippen LogP contribution in [0.1, 0.15) is 37.8 Å². The van der Waals surface area contributed by atoms with Gasteiger partial charge < -0.3 is 19.5 Å². The summed E-state index contributed by atoms with van der Waals surface area (Å²) in [7, 11) is 3.84. The zero-order valence-electron chi connectivity index (χ0n) is 17.9. The summed E-state index contributed by atoms with van der Waals surface area (Å²) < 4.78 is 12.1. The van der Waals surface area contributed by atoms with Crippen LogP contribution in [0.2, 0.25) is 0 Å². The van der Waals surface area contributed by atoms with Crippen LogP contribution < -0.4 is 0 Å². The molecule has 5 heteroatoms. The van der Waals surface area contributed by atoms with E-state index in [2.05, 4.69) is 13.8 Å². The van der Waals surface area contributed by atoms with E-state index in [-0.39, 0.29) is 12.4 Å². The molecule has 1 atom stereocenters. The van der Waals surface area contributed by atoms with Crippen LogP contribution in [-0.4, -0.2) is 49.8 Å². The molecule has 0 aliphatic rings. The molecule has 0 spiro atoms. The third-order valence-corrected chi connectivity index (χ3v) is 5.21. The van der Waals surface area contributed by atoms with Crippen molar-refractivity contribution in [1.29, 1.82) is 0 Å². The average Bonchev–Trinajstić information content (AvgIpc) is 2.72. The Kier molecular flexibility index (Phi) is 8.68. The van der Waals surface area contributed by atoms with Gasteiger partial charge in [0.05, 0.1) is 6.61 Å². The molecule has 0 heterocycles. The molecule has 5 nitrogen and oxygen atoms in total. The number of phenols is 1. The van der Waals surface area contributed by atoms with Crippen LogP contribution in [0.4, 0.5) is 0 Å². The van der Waals surface area contributed by atoms with Crippen LogP contribution in [0, 0.1) is 5.92 Å². The summed E-state index contributed by atoms with van der Waals surface area (Å²) in [6, 6.07) is 16.1. The molecule has 1 unspecified atom stereocenters. The van der Waals surface area contributed by atoms with Gasteiger partial charge in [-0.1, -0.05) is 75.2 Å². The number of hydrogen-bond donors (Lipinski definition) is 1. The summed E-state index contributed by atoms with van der Waals surface area (Å²) in [6.45, 7) is 5.44. The molecule has 29 heavy (non-hydrogen) atoms. The second-order valence-corrected chi connectivity index (χ2v) is 7.50. The maximum Gasteiger partial charge on any atom is 0.348 e. The van der Waals surface area contributed by atoms with Gasteiger partial charge >= 0.3 is 5.97 Å². The number of carbonyl (C=O) groups is 1. The number of phenolic OH excluding ortho intramolecular Hbond substituents is 1. The van der Waals surface area contributed by atoms with E-state index in [4.69, 9.17) is 9.47 Å². The van der Waals surface area contributed by atoms with Crippen molar-refractivity contribution in [2.45, 2.75) is 32.3 Å². The molecule has 0 saturated carbocycles. The molecule has 0 bridgehead atoms. The Morgan fingerprint density at radius 2 is 1.66 bits per heavy atom. The second-order valence-electron chi connectivity index (χ2n) is 7.50. The van der Waals surface area contributed by atoms with E-state index in [1.807, 2.05) is 49.3 Å². The molecule has 158 valence electrons. The Labute approximate surface area is 174 Å². The van der Waals surface area contributed by atoms with Crippen molar-refractivity contribution >= 4 is 5.97 Å². The first-order valence-electron chi connectivity index (χ1n) is 10.3. The van der Waals surface area contributed by atoms with Gasteiger partial charge in [0, 0.05) is 12.1 Å². The highest BCUT2D eigenvalue weighted by atomic mass is 16.6. The number of rotatable bonds is 11. The molecule has 0 aliphatic carbocycles. The first kappa shape index (κ1) is 22.9. The molecule has 2 aromatic carbocycles. The number of para-hydroxylation sites is 1. The maximum atomic E-state index is 13.5. The predicted molar refractivity (Wildman–Crippen MR) is 115 cm³/mol. The Morgan fingerprint density at radius 3 is 2.24 bits per heavy atom. The molecule has 0 fully saturated rings. The lowest BCUT2D eigenvalue weighted by Gasteiger charge is -2.34. The fraction of sp³-hybridized carbons (Fsp3) is 0.458. The number of likely N-dealkylation sites (N-methyl/N-ethyl adjacent to an activating group) is 1. The number of hydrogen-bond acceptors (Lipinski definition) is 5. The van der Waals surface area contributed by atoms with Crippen molar-refractivity contribution in [3.8, 4) is 5.75 Å². The van der Waals surface area contributed by atoms with Crippen LogP contribution in [0.5, 0.6) is 5.75 Å². The molecule has 0 aromatic heterocycles. The van der Waals surface area contributed by atoms with Gasteiger partial charge in [-0.15, -0.1) is 0 Å². The second kappa shape index (κ2) is 11.0. The van der Waals surface area contributed by atoms with Gasteiger partial charge in [0.2, 0.25) is 5.60 Å². The maximum absolute atomic E-state index is 13.5. The summed E-state index contributed by atoms with van der Waals surface area (Å²) in [5.74, 6) is -0.206. The van der Waals surface area contributed by atoms with Gasteiger partial charge in [-0.2, -0.15) is 0 Å². The number of benzene rings is 2. The minimum Gasteiger partial charge on any atom is -0.508 e. The minimum absolute atomic E-state index is 0.00506. The quantitative estimate of drug-likeness (QED) is 0.574. The van der Waals surface area contributed by atoms with Crippen LogP contribution in [0.3, 0.4) is 0 Å². The lowest BCUT2D eigenvalue weighted by atomic mass is 9.85. The van der Waals surface area contributed by atoms with Gasteiger partial charge in [-0.05, 0) is 31.6 Å². The fourth-order valence-electron chi connectivity index (χ4n) is 3.24. The van der Waals surface area contributed by atoms with Crippen molar-refractivity contribution in [2.75, 3.05) is 33.9 Å². The van der Waals surface area contributed by atoms with Gasteiger partial charge in [0.25, 0.3) is 0 Å². The number of esters is 1. The molecule has 2 aromatic rings. The van der Waals surface area contributed by atoms with Crippen molar-refractivity contribution < 1.29 is 19.4 Å². The highest BCUT2D eigenvalue weighted by Crippen LogP contribution is 2.40. The smallest absolute Gasteiger partial charge is 0.348 e. The summed E-state index contributed by atoms with van der Waals surface area (Å²) in [4.78, 5) is 15.5. The summed E-state index contributed by atoms with van der Waals surface area (Å²) in [5, 5.41) is 10.7. The first-order valence-corrected chi connectivity index (χ1v) is 10.3. The molecule has 2 rings (SSSR count). The SMILES string of the molecule is CCC(CC)COC(C(=O)OCCN(C)C)(c1ccccc1)c1ccccc1O. The number of nitrogens with zero attached hydrogens (tertiary/aromatic N) is 1.